The number of rotatable bonds is 8. The summed E-state index contributed by atoms with van der Waals surface area (Å²) in [6.45, 7) is 6.57. The summed E-state index contributed by atoms with van der Waals surface area (Å²) >= 11 is 5.81. The third kappa shape index (κ3) is 4.28. The molecule has 0 radical (unpaired) electrons. The summed E-state index contributed by atoms with van der Waals surface area (Å²) in [6, 6.07) is 2.88. The van der Waals surface area contributed by atoms with E-state index in [4.69, 9.17) is 11.6 Å². The van der Waals surface area contributed by atoms with E-state index in [0.717, 1.165) is 0 Å². The van der Waals surface area contributed by atoms with E-state index in [1.807, 2.05) is 20.8 Å². The number of phenols is 2. The van der Waals surface area contributed by atoms with E-state index < -0.39 is 0 Å². The average molecular weight is 422 g/mol. The van der Waals surface area contributed by atoms with Crippen LogP contribution in [-0.4, -0.2) is 52.9 Å². The zero-order chi connectivity index (χ0) is 21.1. The number of aromatic hydroxyl groups is 2. The van der Waals surface area contributed by atoms with E-state index in [-0.39, 0.29) is 41.6 Å². The number of phenolic OH excluding ortho intramolecular Hbond substituents is 2. The van der Waals surface area contributed by atoms with Crippen LogP contribution in [0.1, 0.15) is 26.3 Å². The van der Waals surface area contributed by atoms with Crippen LogP contribution in [0.5, 0.6) is 11.5 Å². The summed E-state index contributed by atoms with van der Waals surface area (Å²) < 4.78 is 1.64. The molecule has 0 fully saturated rings. The lowest BCUT2D eigenvalue weighted by molar-refractivity contribution is 0.248. The fourth-order valence-electron chi connectivity index (χ4n) is 2.76. The van der Waals surface area contributed by atoms with Gasteiger partial charge in [-0.2, -0.15) is 9.97 Å². The first kappa shape index (κ1) is 20.9. The minimum absolute atomic E-state index is 0.0644. The van der Waals surface area contributed by atoms with Crippen LogP contribution in [-0.2, 0) is 13.1 Å². The molecule has 156 valence electrons. The van der Waals surface area contributed by atoms with Gasteiger partial charge in [0.05, 0.1) is 17.7 Å². The summed E-state index contributed by atoms with van der Waals surface area (Å²) in [5, 5.41) is 44.1. The number of nitrogens with one attached hydrogen (secondary N) is 2. The van der Waals surface area contributed by atoms with Gasteiger partial charge in [0.1, 0.15) is 0 Å². The van der Waals surface area contributed by atoms with Crippen molar-refractivity contribution in [2.24, 2.45) is 5.92 Å². The maximum absolute atomic E-state index is 10.1. The Kier molecular flexibility index (Phi) is 6.23. The number of benzene rings is 1. The smallest absolute Gasteiger partial charge is 0.227 e. The number of aromatic nitrogens is 5. The molecule has 1 aromatic carbocycles. The first-order chi connectivity index (χ1) is 13.8. The Balaban J connectivity index is 1.95. The molecule has 0 unspecified atom stereocenters. The topological polar surface area (TPSA) is 141 Å². The van der Waals surface area contributed by atoms with Crippen molar-refractivity contribution in [3.05, 3.63) is 22.7 Å². The monoisotopic (exact) mass is 421 g/mol. The highest BCUT2D eigenvalue weighted by atomic mass is 35.5. The SMILES string of the molecule is CCn1nnc2c(NCc3ccc(Cl)c(O)c3O)nc(N[C@@H](CO)C(C)C)nc21. The Morgan fingerprint density at radius 2 is 1.93 bits per heavy atom. The lowest BCUT2D eigenvalue weighted by atomic mass is 10.1. The molecule has 0 bridgehead atoms. The van der Waals surface area contributed by atoms with Crippen molar-refractivity contribution in [1.82, 2.24) is 25.0 Å². The molecule has 0 amide bonds. The van der Waals surface area contributed by atoms with Gasteiger partial charge in [-0.15, -0.1) is 5.10 Å². The number of hydrogen-bond donors (Lipinski definition) is 5. The molecule has 10 nitrogen and oxygen atoms in total. The molecule has 0 aliphatic carbocycles. The van der Waals surface area contributed by atoms with Crippen LogP contribution in [0.15, 0.2) is 12.1 Å². The lowest BCUT2D eigenvalue weighted by Crippen LogP contribution is -2.30. The molecule has 0 saturated heterocycles. The summed E-state index contributed by atoms with van der Waals surface area (Å²) in [4.78, 5) is 8.97. The number of hydrogen-bond acceptors (Lipinski definition) is 9. The number of nitrogens with zero attached hydrogens (tertiary/aromatic N) is 5. The molecule has 2 heterocycles. The molecule has 0 aliphatic rings. The molecule has 3 aromatic rings. The fourth-order valence-corrected chi connectivity index (χ4v) is 2.92. The highest BCUT2D eigenvalue weighted by Crippen LogP contribution is 2.36. The van der Waals surface area contributed by atoms with Crippen molar-refractivity contribution in [1.29, 1.82) is 0 Å². The van der Waals surface area contributed by atoms with E-state index in [0.29, 0.717) is 35.0 Å². The van der Waals surface area contributed by atoms with Crippen molar-refractivity contribution in [2.75, 3.05) is 17.2 Å². The van der Waals surface area contributed by atoms with Gasteiger partial charge in [-0.1, -0.05) is 36.7 Å². The highest BCUT2D eigenvalue weighted by molar-refractivity contribution is 6.32. The zero-order valence-corrected chi connectivity index (χ0v) is 17.1. The second-order valence-electron chi connectivity index (χ2n) is 6.91. The molecule has 0 spiro atoms. The van der Waals surface area contributed by atoms with Crippen LogP contribution in [0.2, 0.25) is 5.02 Å². The first-order valence-electron chi connectivity index (χ1n) is 9.27. The van der Waals surface area contributed by atoms with Crippen LogP contribution in [0, 0.1) is 5.92 Å². The van der Waals surface area contributed by atoms with Crippen molar-refractivity contribution in [3.63, 3.8) is 0 Å². The van der Waals surface area contributed by atoms with E-state index >= 15 is 0 Å². The summed E-state index contributed by atoms with van der Waals surface area (Å²) in [7, 11) is 0. The summed E-state index contributed by atoms with van der Waals surface area (Å²) in [6.07, 6.45) is 0. The average Bonchev–Trinajstić information content (AvgIpc) is 3.12. The molecule has 3 rings (SSSR count). The second-order valence-corrected chi connectivity index (χ2v) is 7.32. The number of aliphatic hydroxyl groups excluding tert-OH is 1. The predicted molar refractivity (Wildman–Crippen MR) is 110 cm³/mol. The van der Waals surface area contributed by atoms with Crippen LogP contribution in [0.25, 0.3) is 11.2 Å². The Morgan fingerprint density at radius 3 is 2.59 bits per heavy atom. The minimum atomic E-state index is -0.374. The van der Waals surface area contributed by atoms with Crippen molar-refractivity contribution < 1.29 is 15.3 Å². The zero-order valence-electron chi connectivity index (χ0n) is 16.4. The van der Waals surface area contributed by atoms with Gasteiger partial charge in [0.25, 0.3) is 0 Å². The highest BCUT2D eigenvalue weighted by Gasteiger charge is 2.19. The van der Waals surface area contributed by atoms with Crippen molar-refractivity contribution in [3.8, 4) is 11.5 Å². The maximum Gasteiger partial charge on any atom is 0.227 e. The first-order valence-corrected chi connectivity index (χ1v) is 9.65. The minimum Gasteiger partial charge on any atom is -0.504 e. The van der Waals surface area contributed by atoms with E-state index in [9.17, 15) is 15.3 Å². The standard InChI is InChI=1S/C18H24ClN7O3/c1-4-26-17-13(24-25-26)16(22-18(23-17)21-12(8-27)9(2)3)20-7-10-5-6-11(19)15(29)14(10)28/h5-6,9,12,27-29H,4,7-8H2,1-3H3,(H2,20,21,22,23)/t12-/m0/s1. The van der Waals surface area contributed by atoms with Crippen molar-refractivity contribution >= 4 is 34.5 Å². The molecule has 0 saturated carbocycles. The number of aryl methyl sites for hydroxylation is 1. The van der Waals surface area contributed by atoms with Gasteiger partial charge in [-0.25, -0.2) is 4.68 Å². The molecular formula is C18H24ClN7O3. The van der Waals surface area contributed by atoms with Crippen LogP contribution >= 0.6 is 11.6 Å². The Hall–Kier alpha value is -2.85. The number of fused-ring (bicyclic) bond motifs is 1. The quantitative estimate of drug-likeness (QED) is 0.346. The normalized spacial score (nSPS) is 12.5. The molecule has 5 N–H and O–H groups in total. The number of anilines is 2. The summed E-state index contributed by atoms with van der Waals surface area (Å²) in [5.74, 6) is 0.227. The summed E-state index contributed by atoms with van der Waals surface area (Å²) in [5.41, 5.74) is 1.45. The van der Waals surface area contributed by atoms with Crippen LogP contribution < -0.4 is 10.6 Å². The van der Waals surface area contributed by atoms with Gasteiger partial charge in [0, 0.05) is 18.7 Å². The maximum atomic E-state index is 10.1. The van der Waals surface area contributed by atoms with E-state index in [1.54, 1.807) is 10.7 Å². The molecule has 29 heavy (non-hydrogen) atoms. The van der Waals surface area contributed by atoms with Gasteiger partial charge in [0.2, 0.25) is 5.95 Å². The molecular weight excluding hydrogens is 398 g/mol. The van der Waals surface area contributed by atoms with Gasteiger partial charge in [-0.05, 0) is 18.9 Å². The van der Waals surface area contributed by atoms with Crippen LogP contribution in [0.3, 0.4) is 0 Å². The van der Waals surface area contributed by atoms with Gasteiger partial charge in [-0.3, -0.25) is 0 Å². The van der Waals surface area contributed by atoms with Crippen molar-refractivity contribution in [2.45, 2.75) is 39.9 Å². The molecule has 2 aromatic heterocycles. The second kappa shape index (κ2) is 8.66. The largest absolute Gasteiger partial charge is 0.504 e. The van der Waals surface area contributed by atoms with Gasteiger partial charge in [0.15, 0.2) is 28.5 Å². The molecule has 11 heteroatoms. The Bertz CT molecular complexity index is 1010. The Labute approximate surface area is 172 Å². The van der Waals surface area contributed by atoms with Gasteiger partial charge >= 0.3 is 0 Å². The number of halogens is 1. The lowest BCUT2D eigenvalue weighted by Gasteiger charge is -2.20. The third-order valence-corrected chi connectivity index (χ3v) is 4.92. The predicted octanol–water partition coefficient (Wildman–Crippen LogP) is 2.35. The van der Waals surface area contributed by atoms with E-state index in [2.05, 4.69) is 30.9 Å². The fraction of sp³-hybridized carbons (Fsp3) is 0.444. The van der Waals surface area contributed by atoms with Gasteiger partial charge < -0.3 is 26.0 Å². The third-order valence-electron chi connectivity index (χ3n) is 4.61. The number of aliphatic hydroxyl groups is 1. The molecule has 0 aliphatic heterocycles. The van der Waals surface area contributed by atoms with E-state index in [1.165, 1.54) is 6.07 Å². The molecule has 1 atom stereocenters. The van der Waals surface area contributed by atoms with Crippen LogP contribution in [0.4, 0.5) is 11.8 Å². The Morgan fingerprint density at radius 1 is 1.17 bits per heavy atom.